The highest BCUT2D eigenvalue weighted by molar-refractivity contribution is 5.96. The molecular formula is C21H22F3N3O3. The Hall–Kier alpha value is -3.10. The van der Waals surface area contributed by atoms with Crippen molar-refractivity contribution < 1.29 is 27.5 Å². The molecule has 0 spiro atoms. The van der Waals surface area contributed by atoms with E-state index in [-0.39, 0.29) is 17.3 Å². The normalized spacial score (nSPS) is 14.8. The van der Waals surface area contributed by atoms with Crippen molar-refractivity contribution in [1.29, 1.82) is 0 Å². The third-order valence-corrected chi connectivity index (χ3v) is 4.69. The van der Waals surface area contributed by atoms with Crippen LogP contribution in [0.25, 0.3) is 11.2 Å². The van der Waals surface area contributed by atoms with Crippen molar-refractivity contribution in [2.75, 3.05) is 7.11 Å². The van der Waals surface area contributed by atoms with Crippen LogP contribution in [-0.4, -0.2) is 34.4 Å². The predicted molar refractivity (Wildman–Crippen MR) is 105 cm³/mol. The molecule has 1 aliphatic carbocycles. The first-order valence-electron chi connectivity index (χ1n) is 9.46. The summed E-state index contributed by atoms with van der Waals surface area (Å²) in [6, 6.07) is 0.111. The Morgan fingerprint density at radius 2 is 2.03 bits per heavy atom. The van der Waals surface area contributed by atoms with Gasteiger partial charge in [0.15, 0.2) is 0 Å². The van der Waals surface area contributed by atoms with E-state index in [1.54, 1.807) is 6.08 Å². The van der Waals surface area contributed by atoms with Crippen molar-refractivity contribution in [3.63, 3.8) is 0 Å². The maximum atomic E-state index is 13.6. The van der Waals surface area contributed by atoms with Gasteiger partial charge in [-0.3, -0.25) is 4.79 Å². The first-order chi connectivity index (χ1) is 14.1. The number of esters is 1. The number of carbonyl (C=O) groups is 2. The second kappa shape index (κ2) is 8.33. The third kappa shape index (κ3) is 4.55. The standard InChI is InChI=1S/C21H22F3N3O3/c1-12(2)8-16(20(29)30-3)26-19(28)17-11-27-10-14(13-6-4-5-7-13)9-15(18(27)25-17)21(22,23)24/h4,6-7,9-12,16H,5,8H2,1-3H3,(H,26,28). The van der Waals surface area contributed by atoms with Gasteiger partial charge in [-0.15, -0.1) is 0 Å². The van der Waals surface area contributed by atoms with Gasteiger partial charge in [0.05, 0.1) is 12.7 Å². The van der Waals surface area contributed by atoms with Crippen LogP contribution in [0.15, 0.2) is 36.7 Å². The first kappa shape index (κ1) is 21.6. The number of allylic oxidation sites excluding steroid dienone is 4. The fourth-order valence-electron chi connectivity index (χ4n) is 3.31. The molecule has 0 radical (unpaired) electrons. The number of nitrogens with one attached hydrogen (secondary N) is 1. The molecule has 0 saturated carbocycles. The number of imidazole rings is 1. The van der Waals surface area contributed by atoms with Crippen LogP contribution < -0.4 is 5.32 Å². The second-order valence-corrected chi connectivity index (χ2v) is 7.47. The molecule has 0 aliphatic heterocycles. The Kier molecular flexibility index (Phi) is 6.00. The number of rotatable bonds is 6. The number of pyridine rings is 1. The fraction of sp³-hybridized carbons (Fsp3) is 0.381. The number of carbonyl (C=O) groups excluding carboxylic acids is 2. The van der Waals surface area contributed by atoms with Gasteiger partial charge in [-0.2, -0.15) is 13.2 Å². The quantitative estimate of drug-likeness (QED) is 0.716. The summed E-state index contributed by atoms with van der Waals surface area (Å²) in [4.78, 5) is 28.5. The summed E-state index contributed by atoms with van der Waals surface area (Å²) in [5, 5.41) is 2.51. The summed E-state index contributed by atoms with van der Waals surface area (Å²) in [5.74, 6) is -1.29. The van der Waals surface area contributed by atoms with Gasteiger partial charge in [-0.1, -0.05) is 32.1 Å². The zero-order valence-electron chi connectivity index (χ0n) is 16.8. The summed E-state index contributed by atoms with van der Waals surface area (Å²) in [7, 11) is 1.20. The molecule has 3 rings (SSSR count). The Morgan fingerprint density at radius 3 is 2.60 bits per heavy atom. The number of halogens is 3. The number of hydrogen-bond donors (Lipinski definition) is 1. The molecule has 2 heterocycles. The number of aromatic nitrogens is 2. The van der Waals surface area contributed by atoms with E-state index in [0.717, 1.165) is 6.07 Å². The summed E-state index contributed by atoms with van der Waals surface area (Å²) >= 11 is 0. The first-order valence-corrected chi connectivity index (χ1v) is 9.46. The van der Waals surface area contributed by atoms with Crippen LogP contribution in [-0.2, 0) is 15.7 Å². The lowest BCUT2D eigenvalue weighted by molar-refractivity contribution is -0.143. The van der Waals surface area contributed by atoms with E-state index in [4.69, 9.17) is 4.74 Å². The van der Waals surface area contributed by atoms with Gasteiger partial charge in [0.1, 0.15) is 17.4 Å². The molecule has 1 aliphatic rings. The number of fused-ring (bicyclic) bond motifs is 1. The molecule has 0 saturated heterocycles. The number of methoxy groups -OCH3 is 1. The van der Waals surface area contributed by atoms with E-state index < -0.39 is 29.7 Å². The van der Waals surface area contributed by atoms with Crippen LogP contribution in [0.1, 0.15) is 48.3 Å². The summed E-state index contributed by atoms with van der Waals surface area (Å²) in [6.07, 6.45) is 4.47. The van der Waals surface area contributed by atoms with Crippen molar-refractivity contribution in [3.05, 3.63) is 53.5 Å². The number of ether oxygens (including phenoxy) is 1. The van der Waals surface area contributed by atoms with Gasteiger partial charge in [-0.05, 0) is 36.0 Å². The molecule has 0 aromatic carbocycles. The molecule has 1 unspecified atom stereocenters. The van der Waals surface area contributed by atoms with E-state index in [2.05, 4.69) is 10.3 Å². The molecule has 6 nitrogen and oxygen atoms in total. The largest absolute Gasteiger partial charge is 0.467 e. The fourth-order valence-corrected chi connectivity index (χ4v) is 3.31. The molecule has 2 aromatic rings. The molecule has 30 heavy (non-hydrogen) atoms. The maximum Gasteiger partial charge on any atom is 0.420 e. The van der Waals surface area contributed by atoms with E-state index in [1.165, 1.54) is 23.9 Å². The number of hydrogen-bond acceptors (Lipinski definition) is 4. The average molecular weight is 421 g/mol. The summed E-state index contributed by atoms with van der Waals surface area (Å²) < 4.78 is 46.8. The smallest absolute Gasteiger partial charge is 0.420 e. The zero-order chi connectivity index (χ0) is 22.1. The van der Waals surface area contributed by atoms with Crippen molar-refractivity contribution in [2.24, 2.45) is 5.92 Å². The van der Waals surface area contributed by atoms with Crippen LogP contribution in [0, 0.1) is 5.92 Å². The minimum atomic E-state index is -4.65. The van der Waals surface area contributed by atoms with Crippen molar-refractivity contribution in [2.45, 2.75) is 38.9 Å². The van der Waals surface area contributed by atoms with Gasteiger partial charge in [0.2, 0.25) is 0 Å². The van der Waals surface area contributed by atoms with E-state index in [9.17, 15) is 22.8 Å². The van der Waals surface area contributed by atoms with E-state index in [1.807, 2.05) is 26.0 Å². The Balaban J connectivity index is 2.00. The van der Waals surface area contributed by atoms with Gasteiger partial charge in [-0.25, -0.2) is 9.78 Å². The molecule has 1 N–H and O–H groups in total. The van der Waals surface area contributed by atoms with Crippen molar-refractivity contribution in [1.82, 2.24) is 14.7 Å². The average Bonchev–Trinajstić information content (AvgIpc) is 3.34. The molecule has 9 heteroatoms. The molecule has 1 amide bonds. The molecule has 0 fully saturated rings. The van der Waals surface area contributed by atoms with Gasteiger partial charge >= 0.3 is 12.1 Å². The lowest BCUT2D eigenvalue weighted by atomic mass is 10.0. The van der Waals surface area contributed by atoms with Crippen LogP contribution in [0.2, 0.25) is 0 Å². The monoisotopic (exact) mass is 421 g/mol. The number of nitrogens with zero attached hydrogens (tertiary/aromatic N) is 2. The number of amides is 1. The summed E-state index contributed by atoms with van der Waals surface area (Å²) in [6.45, 7) is 3.74. The van der Waals surface area contributed by atoms with Crippen LogP contribution in [0.5, 0.6) is 0 Å². The number of alkyl halides is 3. The van der Waals surface area contributed by atoms with Crippen LogP contribution in [0.4, 0.5) is 13.2 Å². The SMILES string of the molecule is COC(=O)C(CC(C)C)NC(=O)c1cn2cc(C3=CCC=C3)cc(C(F)(F)F)c2n1. The van der Waals surface area contributed by atoms with Gasteiger partial charge < -0.3 is 14.5 Å². The second-order valence-electron chi connectivity index (χ2n) is 7.47. The summed E-state index contributed by atoms with van der Waals surface area (Å²) in [5.41, 5.74) is -0.486. The topological polar surface area (TPSA) is 72.7 Å². The Morgan fingerprint density at radius 1 is 1.30 bits per heavy atom. The highest BCUT2D eigenvalue weighted by Crippen LogP contribution is 2.35. The van der Waals surface area contributed by atoms with E-state index >= 15 is 0 Å². The highest BCUT2D eigenvalue weighted by atomic mass is 19.4. The third-order valence-electron chi connectivity index (χ3n) is 4.69. The minimum absolute atomic E-state index is 0.0857. The molecule has 0 bridgehead atoms. The lowest BCUT2D eigenvalue weighted by Gasteiger charge is -2.17. The maximum absolute atomic E-state index is 13.6. The zero-order valence-corrected chi connectivity index (χ0v) is 16.8. The van der Waals surface area contributed by atoms with Crippen LogP contribution in [0.3, 0.4) is 0 Å². The molecule has 160 valence electrons. The Bertz CT molecular complexity index is 1040. The minimum Gasteiger partial charge on any atom is -0.467 e. The van der Waals surface area contributed by atoms with E-state index in [0.29, 0.717) is 24.0 Å². The Labute approximate surface area is 171 Å². The lowest BCUT2D eigenvalue weighted by Crippen LogP contribution is -2.42. The molecular weight excluding hydrogens is 399 g/mol. The molecule has 2 aromatic heterocycles. The van der Waals surface area contributed by atoms with Gasteiger partial charge in [0.25, 0.3) is 5.91 Å². The predicted octanol–water partition coefficient (Wildman–Crippen LogP) is 4.01. The van der Waals surface area contributed by atoms with Gasteiger partial charge in [0, 0.05) is 12.4 Å². The van der Waals surface area contributed by atoms with Crippen LogP contribution >= 0.6 is 0 Å². The van der Waals surface area contributed by atoms with Crippen molar-refractivity contribution in [3.8, 4) is 0 Å². The molecule has 1 atom stereocenters. The highest BCUT2D eigenvalue weighted by Gasteiger charge is 2.35. The van der Waals surface area contributed by atoms with Crippen molar-refractivity contribution >= 4 is 23.1 Å².